The molecule has 1 N–H and O–H groups in total. The molecule has 1 aromatic rings. The van der Waals surface area contributed by atoms with E-state index in [2.05, 4.69) is 35.3 Å². The van der Waals surface area contributed by atoms with Crippen LogP contribution in [0.2, 0.25) is 0 Å². The van der Waals surface area contributed by atoms with Gasteiger partial charge in [-0.2, -0.15) is 0 Å². The van der Waals surface area contributed by atoms with Gasteiger partial charge in [0, 0.05) is 32.4 Å². The fourth-order valence-corrected chi connectivity index (χ4v) is 3.26. The van der Waals surface area contributed by atoms with Crippen molar-refractivity contribution in [2.24, 2.45) is 5.92 Å². The number of nitrogens with zero attached hydrogens (tertiary/aromatic N) is 4. The monoisotopic (exact) mass is 294 g/mol. The van der Waals surface area contributed by atoms with E-state index in [9.17, 15) is 0 Å². The van der Waals surface area contributed by atoms with E-state index in [0.29, 0.717) is 6.04 Å². The van der Waals surface area contributed by atoms with E-state index < -0.39 is 0 Å². The number of likely N-dealkylation sites (tertiary alicyclic amines) is 1. The first-order valence-electron chi connectivity index (χ1n) is 8.46. The van der Waals surface area contributed by atoms with Gasteiger partial charge in [-0.15, -0.1) is 5.10 Å². The minimum atomic E-state index is 0.223. The zero-order valence-electron chi connectivity index (χ0n) is 13.5. The quantitative estimate of drug-likeness (QED) is 0.799. The summed E-state index contributed by atoms with van der Waals surface area (Å²) in [5.41, 5.74) is 1.00. The number of aryl methyl sites for hydroxylation is 1. The molecule has 1 saturated heterocycles. The van der Waals surface area contributed by atoms with E-state index in [-0.39, 0.29) is 6.61 Å². The molecule has 1 fully saturated rings. The van der Waals surface area contributed by atoms with Crippen LogP contribution in [0.5, 0.6) is 0 Å². The lowest BCUT2D eigenvalue weighted by Gasteiger charge is -2.33. The van der Waals surface area contributed by atoms with E-state index in [1.54, 1.807) is 0 Å². The van der Waals surface area contributed by atoms with Crippen LogP contribution < -0.4 is 0 Å². The number of rotatable bonds is 8. The Morgan fingerprint density at radius 1 is 1.38 bits per heavy atom. The second kappa shape index (κ2) is 8.49. The molecule has 0 spiro atoms. The summed E-state index contributed by atoms with van der Waals surface area (Å²) in [6, 6.07) is 0.498. The zero-order chi connectivity index (χ0) is 15.1. The molecule has 0 unspecified atom stereocenters. The van der Waals surface area contributed by atoms with Crippen molar-refractivity contribution in [2.75, 3.05) is 26.2 Å². The zero-order valence-corrected chi connectivity index (χ0v) is 13.5. The molecule has 1 aliphatic rings. The summed E-state index contributed by atoms with van der Waals surface area (Å²) in [4.78, 5) is 2.60. The Hall–Kier alpha value is -0.940. The summed E-state index contributed by atoms with van der Waals surface area (Å²) in [6.45, 7) is 8.43. The topological polar surface area (TPSA) is 54.2 Å². The van der Waals surface area contributed by atoms with E-state index in [4.69, 9.17) is 5.11 Å². The van der Waals surface area contributed by atoms with Crippen LogP contribution in [-0.4, -0.2) is 51.2 Å². The average molecular weight is 294 g/mol. The van der Waals surface area contributed by atoms with Crippen LogP contribution in [-0.2, 0) is 6.42 Å². The minimum Gasteiger partial charge on any atom is -0.396 e. The van der Waals surface area contributed by atoms with E-state index in [1.807, 2.05) is 4.68 Å². The molecule has 0 saturated carbocycles. The van der Waals surface area contributed by atoms with Crippen LogP contribution in [0.25, 0.3) is 0 Å². The maximum atomic E-state index is 8.86. The summed E-state index contributed by atoms with van der Waals surface area (Å²) in [6.07, 6.45) is 8.61. The van der Waals surface area contributed by atoms with Crippen molar-refractivity contribution < 1.29 is 5.11 Å². The van der Waals surface area contributed by atoms with Gasteiger partial charge in [-0.3, -0.25) is 0 Å². The van der Waals surface area contributed by atoms with E-state index >= 15 is 0 Å². The van der Waals surface area contributed by atoms with Crippen LogP contribution >= 0.6 is 0 Å². The van der Waals surface area contributed by atoms with Gasteiger partial charge in [0.05, 0.1) is 11.7 Å². The Morgan fingerprint density at radius 2 is 2.14 bits per heavy atom. The lowest BCUT2D eigenvalue weighted by atomic mass is 10.0. The van der Waals surface area contributed by atoms with Crippen molar-refractivity contribution >= 4 is 0 Å². The number of aliphatic hydroxyl groups is 1. The number of aromatic nitrogens is 3. The first-order valence-corrected chi connectivity index (χ1v) is 8.46. The van der Waals surface area contributed by atoms with Crippen molar-refractivity contribution in [1.82, 2.24) is 19.9 Å². The molecule has 2 rings (SSSR count). The third kappa shape index (κ3) is 5.08. The van der Waals surface area contributed by atoms with Crippen molar-refractivity contribution in [3.8, 4) is 0 Å². The standard InChI is InChI=1S/C16H30N4O/c1-3-5-14(2)12-19-9-7-16(8-10-19)20-13-15(17-18-20)6-4-11-21/h13-14,16,21H,3-12H2,1-2H3/t14-/m1/s1. The van der Waals surface area contributed by atoms with Crippen LogP contribution in [0, 0.1) is 5.92 Å². The fraction of sp³-hybridized carbons (Fsp3) is 0.875. The summed E-state index contributed by atoms with van der Waals surface area (Å²) >= 11 is 0. The lowest BCUT2D eigenvalue weighted by Crippen LogP contribution is -2.37. The largest absolute Gasteiger partial charge is 0.396 e. The molecule has 5 heteroatoms. The summed E-state index contributed by atoms with van der Waals surface area (Å²) in [7, 11) is 0. The van der Waals surface area contributed by atoms with Crippen LogP contribution in [0.1, 0.15) is 57.7 Å². The van der Waals surface area contributed by atoms with E-state index in [1.165, 1.54) is 45.3 Å². The number of hydrogen-bond acceptors (Lipinski definition) is 4. The van der Waals surface area contributed by atoms with Gasteiger partial charge in [0.2, 0.25) is 0 Å². The molecule has 0 aromatic carbocycles. The van der Waals surface area contributed by atoms with Gasteiger partial charge in [0.1, 0.15) is 0 Å². The highest BCUT2D eigenvalue weighted by molar-refractivity contribution is 4.94. The lowest BCUT2D eigenvalue weighted by molar-refractivity contribution is 0.157. The molecular weight excluding hydrogens is 264 g/mol. The number of piperidine rings is 1. The van der Waals surface area contributed by atoms with Crippen LogP contribution in [0.4, 0.5) is 0 Å². The van der Waals surface area contributed by atoms with Gasteiger partial charge in [0.25, 0.3) is 0 Å². The van der Waals surface area contributed by atoms with Gasteiger partial charge >= 0.3 is 0 Å². The van der Waals surface area contributed by atoms with Crippen molar-refractivity contribution in [1.29, 1.82) is 0 Å². The highest BCUT2D eigenvalue weighted by atomic mass is 16.2. The summed E-state index contributed by atoms with van der Waals surface area (Å²) in [5.74, 6) is 0.808. The molecule has 1 aliphatic heterocycles. The number of aliphatic hydroxyl groups excluding tert-OH is 1. The molecule has 21 heavy (non-hydrogen) atoms. The maximum Gasteiger partial charge on any atom is 0.0828 e. The predicted octanol–water partition coefficient (Wildman–Crippen LogP) is 2.28. The molecule has 0 aliphatic carbocycles. The Kier molecular flexibility index (Phi) is 6.64. The molecular formula is C16H30N4O. The molecule has 1 atom stereocenters. The SMILES string of the molecule is CCC[C@@H](C)CN1CCC(n2cc(CCCO)nn2)CC1. The first-order chi connectivity index (χ1) is 10.2. The second-order valence-electron chi connectivity index (χ2n) is 6.44. The van der Waals surface area contributed by atoms with Gasteiger partial charge < -0.3 is 10.0 Å². The average Bonchev–Trinajstić information content (AvgIpc) is 2.95. The van der Waals surface area contributed by atoms with Gasteiger partial charge in [-0.05, 0) is 38.0 Å². The fourth-order valence-electron chi connectivity index (χ4n) is 3.26. The molecule has 0 bridgehead atoms. The molecule has 5 nitrogen and oxygen atoms in total. The Morgan fingerprint density at radius 3 is 2.81 bits per heavy atom. The smallest absolute Gasteiger partial charge is 0.0828 e. The molecule has 2 heterocycles. The normalized spacial score (nSPS) is 19.0. The summed E-state index contributed by atoms with van der Waals surface area (Å²) in [5, 5.41) is 17.3. The summed E-state index contributed by atoms with van der Waals surface area (Å²) < 4.78 is 2.04. The van der Waals surface area contributed by atoms with Gasteiger partial charge in [-0.1, -0.05) is 25.5 Å². The van der Waals surface area contributed by atoms with Crippen molar-refractivity contribution in [3.63, 3.8) is 0 Å². The Bertz CT molecular complexity index is 399. The second-order valence-corrected chi connectivity index (χ2v) is 6.44. The van der Waals surface area contributed by atoms with Gasteiger partial charge in [-0.25, -0.2) is 4.68 Å². The van der Waals surface area contributed by atoms with Crippen molar-refractivity contribution in [3.05, 3.63) is 11.9 Å². The molecule has 0 radical (unpaired) electrons. The molecule has 0 amide bonds. The first kappa shape index (κ1) is 16.4. The predicted molar refractivity (Wildman–Crippen MR) is 84.2 cm³/mol. The highest BCUT2D eigenvalue weighted by Gasteiger charge is 2.22. The Labute approximate surface area is 128 Å². The number of hydrogen-bond donors (Lipinski definition) is 1. The maximum absolute atomic E-state index is 8.86. The Balaban J connectivity index is 1.76. The van der Waals surface area contributed by atoms with Gasteiger partial charge in [0.15, 0.2) is 0 Å². The van der Waals surface area contributed by atoms with Crippen molar-refractivity contribution in [2.45, 2.75) is 58.4 Å². The molecule has 120 valence electrons. The minimum absolute atomic E-state index is 0.223. The third-order valence-corrected chi connectivity index (χ3v) is 4.43. The molecule has 1 aromatic heterocycles. The highest BCUT2D eigenvalue weighted by Crippen LogP contribution is 2.23. The third-order valence-electron chi connectivity index (χ3n) is 4.43. The van der Waals surface area contributed by atoms with E-state index in [0.717, 1.165) is 24.5 Å². The van der Waals surface area contributed by atoms with Crippen LogP contribution in [0.15, 0.2) is 6.20 Å². The van der Waals surface area contributed by atoms with Crippen LogP contribution in [0.3, 0.4) is 0 Å².